The zero-order valence-corrected chi connectivity index (χ0v) is 18.2. The van der Waals surface area contributed by atoms with Crippen LogP contribution in [0.25, 0.3) is 0 Å². The maximum Gasteiger partial charge on any atom is 0.343 e. The first-order valence-corrected chi connectivity index (χ1v) is 10.3. The number of carbonyl (C=O) groups excluding carboxylic acids is 2. The van der Waals surface area contributed by atoms with E-state index in [4.69, 9.17) is 18.9 Å². The second-order valence-corrected chi connectivity index (χ2v) is 7.13. The maximum atomic E-state index is 12.3. The van der Waals surface area contributed by atoms with Crippen LogP contribution in [0.1, 0.15) is 31.8 Å². The van der Waals surface area contributed by atoms with Crippen LogP contribution in [0.5, 0.6) is 11.5 Å². The van der Waals surface area contributed by atoms with Crippen LogP contribution in [0, 0.1) is 0 Å². The fourth-order valence-corrected chi connectivity index (χ4v) is 2.96. The van der Waals surface area contributed by atoms with Crippen LogP contribution >= 0.6 is 0 Å². The van der Waals surface area contributed by atoms with Gasteiger partial charge in [-0.05, 0) is 72.5 Å². The zero-order chi connectivity index (χ0) is 22.8. The Morgan fingerprint density at radius 1 is 0.562 bits per heavy atom. The van der Waals surface area contributed by atoms with E-state index in [-0.39, 0.29) is 0 Å². The highest BCUT2D eigenvalue weighted by molar-refractivity contribution is 5.92. The van der Waals surface area contributed by atoms with Gasteiger partial charge in [-0.1, -0.05) is 24.3 Å². The molecule has 0 radical (unpaired) electrons. The van der Waals surface area contributed by atoms with Gasteiger partial charge in [-0.2, -0.15) is 0 Å². The molecule has 3 rings (SSSR count). The van der Waals surface area contributed by atoms with E-state index < -0.39 is 11.9 Å². The van der Waals surface area contributed by atoms with E-state index >= 15 is 0 Å². The molecule has 0 aromatic heterocycles. The fourth-order valence-electron chi connectivity index (χ4n) is 2.96. The molecule has 3 aromatic carbocycles. The number of esters is 2. The predicted octanol–water partition coefficient (Wildman–Crippen LogP) is 4.50. The van der Waals surface area contributed by atoms with Crippen molar-refractivity contribution in [3.8, 4) is 11.5 Å². The minimum absolute atomic E-state index is 0.362. The van der Waals surface area contributed by atoms with Crippen LogP contribution in [-0.4, -0.2) is 39.4 Å². The molecular formula is C26H26O6. The largest absolute Gasteiger partial charge is 0.423 e. The average molecular weight is 434 g/mol. The second-order valence-electron chi connectivity index (χ2n) is 7.13. The third-order valence-electron chi connectivity index (χ3n) is 4.81. The molecule has 0 atom stereocenters. The van der Waals surface area contributed by atoms with Gasteiger partial charge in [-0.3, -0.25) is 0 Å². The van der Waals surface area contributed by atoms with Crippen molar-refractivity contribution < 1.29 is 28.5 Å². The molecule has 0 aliphatic rings. The minimum atomic E-state index is -0.457. The summed E-state index contributed by atoms with van der Waals surface area (Å²) in [7, 11) is 3.31. The fraction of sp³-hybridized carbons (Fsp3) is 0.231. The number of rotatable bonds is 10. The molecule has 0 bridgehead atoms. The smallest absolute Gasteiger partial charge is 0.343 e. The predicted molar refractivity (Wildman–Crippen MR) is 120 cm³/mol. The first kappa shape index (κ1) is 23.2. The van der Waals surface area contributed by atoms with Gasteiger partial charge in [-0.15, -0.1) is 0 Å². The van der Waals surface area contributed by atoms with Crippen LogP contribution in [0.15, 0.2) is 72.8 Å². The number of carbonyl (C=O) groups is 2. The summed E-state index contributed by atoms with van der Waals surface area (Å²) in [5.74, 6) is -0.190. The molecule has 6 nitrogen and oxygen atoms in total. The number of methoxy groups -OCH3 is 2. The molecule has 0 unspecified atom stereocenters. The van der Waals surface area contributed by atoms with Crippen molar-refractivity contribution in [3.05, 3.63) is 95.1 Å². The van der Waals surface area contributed by atoms with Gasteiger partial charge in [0.1, 0.15) is 11.5 Å². The van der Waals surface area contributed by atoms with E-state index in [1.54, 1.807) is 62.8 Å². The molecule has 0 heterocycles. The highest BCUT2D eigenvalue weighted by Gasteiger charge is 2.11. The van der Waals surface area contributed by atoms with Crippen molar-refractivity contribution in [2.75, 3.05) is 27.4 Å². The number of hydrogen-bond acceptors (Lipinski definition) is 6. The molecule has 166 valence electrons. The maximum absolute atomic E-state index is 12.3. The van der Waals surface area contributed by atoms with Crippen molar-refractivity contribution in [1.29, 1.82) is 0 Å². The molecule has 0 saturated heterocycles. The van der Waals surface area contributed by atoms with E-state index in [1.165, 1.54) is 0 Å². The van der Waals surface area contributed by atoms with Gasteiger partial charge < -0.3 is 18.9 Å². The lowest BCUT2D eigenvalue weighted by Gasteiger charge is -2.08. The molecule has 3 aromatic rings. The van der Waals surface area contributed by atoms with Gasteiger partial charge in [0.2, 0.25) is 0 Å². The van der Waals surface area contributed by atoms with Crippen molar-refractivity contribution in [1.82, 2.24) is 0 Å². The van der Waals surface area contributed by atoms with Crippen LogP contribution < -0.4 is 9.47 Å². The Balaban J connectivity index is 1.54. The van der Waals surface area contributed by atoms with E-state index in [0.29, 0.717) is 35.8 Å². The van der Waals surface area contributed by atoms with Gasteiger partial charge in [0.25, 0.3) is 0 Å². The number of benzene rings is 3. The highest BCUT2D eigenvalue weighted by atomic mass is 16.5. The molecule has 32 heavy (non-hydrogen) atoms. The lowest BCUT2D eigenvalue weighted by Crippen LogP contribution is -2.10. The van der Waals surface area contributed by atoms with E-state index in [0.717, 1.165) is 24.0 Å². The SMILES string of the molecule is COCCc1ccc(C(=O)Oc2ccc(OC(=O)c3ccc(CCOC)cc3)cc2)cc1. The quantitative estimate of drug-likeness (QED) is 0.346. The normalized spacial score (nSPS) is 10.6. The number of hydrogen-bond donors (Lipinski definition) is 0. The van der Waals surface area contributed by atoms with Crippen LogP contribution in [-0.2, 0) is 22.3 Å². The molecule has 0 fully saturated rings. The Kier molecular flexibility index (Phi) is 8.54. The molecule has 0 saturated carbocycles. The van der Waals surface area contributed by atoms with Crippen LogP contribution in [0.3, 0.4) is 0 Å². The highest BCUT2D eigenvalue weighted by Crippen LogP contribution is 2.20. The Morgan fingerprint density at radius 3 is 1.22 bits per heavy atom. The lowest BCUT2D eigenvalue weighted by molar-refractivity contribution is 0.0719. The van der Waals surface area contributed by atoms with Gasteiger partial charge in [0, 0.05) is 14.2 Å². The Hall–Kier alpha value is -3.48. The molecule has 0 spiro atoms. The third-order valence-corrected chi connectivity index (χ3v) is 4.81. The number of ether oxygens (including phenoxy) is 4. The van der Waals surface area contributed by atoms with E-state index in [2.05, 4.69) is 0 Å². The molecular weight excluding hydrogens is 408 g/mol. The summed E-state index contributed by atoms with van der Waals surface area (Å²) in [6.45, 7) is 1.25. The first-order valence-electron chi connectivity index (χ1n) is 10.3. The molecule has 0 aliphatic heterocycles. The van der Waals surface area contributed by atoms with Crippen molar-refractivity contribution in [2.45, 2.75) is 12.8 Å². The van der Waals surface area contributed by atoms with Gasteiger partial charge in [0.15, 0.2) is 0 Å². The van der Waals surface area contributed by atoms with E-state index in [1.807, 2.05) is 24.3 Å². The van der Waals surface area contributed by atoms with Crippen LogP contribution in [0.2, 0.25) is 0 Å². The second kappa shape index (κ2) is 11.8. The monoisotopic (exact) mass is 434 g/mol. The third kappa shape index (κ3) is 6.77. The lowest BCUT2D eigenvalue weighted by atomic mass is 10.1. The molecule has 0 N–H and O–H groups in total. The first-order chi connectivity index (χ1) is 15.6. The summed E-state index contributed by atoms with van der Waals surface area (Å²) in [6.07, 6.45) is 1.56. The molecule has 0 aliphatic carbocycles. The molecule has 6 heteroatoms. The summed E-state index contributed by atoms with van der Waals surface area (Å²) in [5, 5.41) is 0. The Labute approximate surface area is 187 Å². The van der Waals surface area contributed by atoms with Crippen molar-refractivity contribution >= 4 is 11.9 Å². The van der Waals surface area contributed by atoms with Gasteiger partial charge in [0.05, 0.1) is 24.3 Å². The van der Waals surface area contributed by atoms with Crippen LogP contribution in [0.4, 0.5) is 0 Å². The average Bonchev–Trinajstić information content (AvgIpc) is 2.83. The topological polar surface area (TPSA) is 71.1 Å². The summed E-state index contributed by atoms with van der Waals surface area (Å²) in [5.41, 5.74) is 3.07. The Bertz CT molecular complexity index is 923. The summed E-state index contributed by atoms with van der Waals surface area (Å²) in [4.78, 5) is 24.7. The van der Waals surface area contributed by atoms with Gasteiger partial charge >= 0.3 is 11.9 Å². The molecule has 0 amide bonds. The Morgan fingerprint density at radius 2 is 0.906 bits per heavy atom. The van der Waals surface area contributed by atoms with Gasteiger partial charge in [-0.25, -0.2) is 9.59 Å². The van der Waals surface area contributed by atoms with Crippen molar-refractivity contribution in [3.63, 3.8) is 0 Å². The summed E-state index contributed by atoms with van der Waals surface area (Å²) < 4.78 is 20.9. The summed E-state index contributed by atoms with van der Waals surface area (Å²) in [6, 6.07) is 20.8. The summed E-state index contributed by atoms with van der Waals surface area (Å²) >= 11 is 0. The van der Waals surface area contributed by atoms with Crippen molar-refractivity contribution in [2.24, 2.45) is 0 Å². The minimum Gasteiger partial charge on any atom is -0.423 e. The van der Waals surface area contributed by atoms with E-state index in [9.17, 15) is 9.59 Å². The standard InChI is InChI=1S/C26H26O6/c1-29-17-15-19-3-7-21(8-4-19)25(27)31-23-11-13-24(14-12-23)32-26(28)22-9-5-20(6-10-22)16-18-30-2/h3-14H,15-18H2,1-2H3. The zero-order valence-electron chi connectivity index (χ0n) is 18.2.